The van der Waals surface area contributed by atoms with Crippen molar-refractivity contribution in [1.29, 1.82) is 5.26 Å². The summed E-state index contributed by atoms with van der Waals surface area (Å²) in [6.45, 7) is 4.22. The van der Waals surface area contributed by atoms with E-state index in [2.05, 4.69) is 11.1 Å². The van der Waals surface area contributed by atoms with Crippen molar-refractivity contribution >= 4 is 29.1 Å². The molecule has 2 saturated heterocycles. The number of rotatable bonds is 12. The number of aromatic nitrogens is 1. The van der Waals surface area contributed by atoms with E-state index in [1.165, 1.54) is 23.1 Å². The molecule has 0 bridgehead atoms. The number of amides is 2. The first-order chi connectivity index (χ1) is 27.2. The number of piperidine rings is 2. The number of carboxylic acids is 1. The van der Waals surface area contributed by atoms with E-state index in [1.807, 2.05) is 0 Å². The summed E-state index contributed by atoms with van der Waals surface area (Å²) in [5.74, 6) is -4.31. The van der Waals surface area contributed by atoms with Crippen molar-refractivity contribution in [3.8, 4) is 17.6 Å². The number of para-hydroxylation sites is 1. The van der Waals surface area contributed by atoms with Crippen LogP contribution in [0.3, 0.4) is 0 Å². The summed E-state index contributed by atoms with van der Waals surface area (Å²) in [4.78, 5) is 45.5. The summed E-state index contributed by atoms with van der Waals surface area (Å²) in [7, 11) is 0. The molecule has 5 rings (SSSR count). The maximum atomic E-state index is 15.3. The fourth-order valence-corrected chi connectivity index (χ4v) is 7.94. The van der Waals surface area contributed by atoms with E-state index in [0.717, 1.165) is 28.6 Å². The van der Waals surface area contributed by atoms with Crippen LogP contribution in [0.25, 0.3) is 0 Å². The molecule has 2 aliphatic rings. The number of hydrogen-bond donors (Lipinski definition) is 1. The lowest BCUT2D eigenvalue weighted by Crippen LogP contribution is -2.62. The number of ether oxygens (including phenoxy) is 2. The van der Waals surface area contributed by atoms with Crippen molar-refractivity contribution in [2.24, 2.45) is 5.41 Å². The normalized spacial score (nSPS) is 19.4. The monoisotopic (exact) mass is 838 g/mol. The highest BCUT2D eigenvalue weighted by Crippen LogP contribution is 2.46. The molecule has 58 heavy (non-hydrogen) atoms. The van der Waals surface area contributed by atoms with E-state index in [4.69, 9.17) is 9.47 Å². The average molecular weight is 839 g/mol. The molecule has 0 spiro atoms. The molecule has 2 fully saturated rings. The molecule has 18 heteroatoms. The molecular weight excluding hydrogens is 798 g/mol. The molecule has 312 valence electrons. The van der Waals surface area contributed by atoms with Crippen LogP contribution in [0.4, 0.5) is 30.7 Å². The SMILES string of the molecule is CC/C=C1\N(C(=O)c2ncccc2C(F)(F)F)CCC[C@@]1(Oc1csc(C(F)(F)F)c1)C(=O)N1CCC(C#N)(c2cccc(F)c2OCCCC(C)(C)C(=O)O)CC1. The number of nitrogens with zero attached hydrogens (tertiary/aromatic N) is 4. The third kappa shape index (κ3) is 8.93. The lowest BCUT2D eigenvalue weighted by Gasteiger charge is -2.47. The van der Waals surface area contributed by atoms with Gasteiger partial charge in [0.2, 0.25) is 5.60 Å². The van der Waals surface area contributed by atoms with Gasteiger partial charge in [-0.3, -0.25) is 19.4 Å². The van der Waals surface area contributed by atoms with Crippen LogP contribution in [0, 0.1) is 22.6 Å². The van der Waals surface area contributed by atoms with Crippen molar-refractivity contribution in [3.63, 3.8) is 0 Å². The molecule has 2 aromatic heterocycles. The van der Waals surface area contributed by atoms with Gasteiger partial charge in [-0.2, -0.15) is 31.6 Å². The number of allylic oxidation sites excluding steroid dienone is 1. The lowest BCUT2D eigenvalue weighted by molar-refractivity contribution is -0.150. The number of halogens is 7. The Morgan fingerprint density at radius 3 is 2.34 bits per heavy atom. The van der Waals surface area contributed by atoms with Crippen LogP contribution < -0.4 is 9.47 Å². The van der Waals surface area contributed by atoms with Gasteiger partial charge in [-0.15, -0.1) is 11.3 Å². The van der Waals surface area contributed by atoms with Gasteiger partial charge in [-0.25, -0.2) is 4.39 Å². The molecule has 10 nitrogen and oxygen atoms in total. The average Bonchev–Trinajstić information content (AvgIpc) is 3.66. The van der Waals surface area contributed by atoms with Crippen molar-refractivity contribution in [1.82, 2.24) is 14.8 Å². The second-order valence-electron chi connectivity index (χ2n) is 14.8. The van der Waals surface area contributed by atoms with Crippen molar-refractivity contribution in [2.45, 2.75) is 89.1 Å². The van der Waals surface area contributed by atoms with Gasteiger partial charge < -0.3 is 24.4 Å². The Morgan fingerprint density at radius 1 is 1.03 bits per heavy atom. The number of likely N-dealkylation sites (tertiary alicyclic amines) is 2. The summed E-state index contributed by atoms with van der Waals surface area (Å²) < 4.78 is 111. The van der Waals surface area contributed by atoms with Crippen molar-refractivity contribution in [2.75, 3.05) is 26.2 Å². The predicted molar refractivity (Wildman–Crippen MR) is 196 cm³/mol. The molecule has 0 radical (unpaired) electrons. The number of alkyl halides is 6. The van der Waals surface area contributed by atoms with Gasteiger partial charge in [0.15, 0.2) is 11.6 Å². The number of pyridine rings is 1. The van der Waals surface area contributed by atoms with Gasteiger partial charge in [-0.05, 0) is 70.6 Å². The van der Waals surface area contributed by atoms with Crippen LogP contribution in [0.1, 0.15) is 92.2 Å². The maximum Gasteiger partial charge on any atom is 0.425 e. The zero-order valence-electron chi connectivity index (χ0n) is 31.8. The number of benzene rings is 1. The number of nitriles is 1. The van der Waals surface area contributed by atoms with Crippen LogP contribution in [-0.4, -0.2) is 69.5 Å². The molecule has 1 atom stereocenters. The fraction of sp³-hybridized carbons (Fsp3) is 0.475. The quantitative estimate of drug-likeness (QED) is 0.141. The minimum atomic E-state index is -4.97. The predicted octanol–water partition coefficient (Wildman–Crippen LogP) is 9.02. The second-order valence-corrected chi connectivity index (χ2v) is 15.7. The van der Waals surface area contributed by atoms with E-state index in [0.29, 0.717) is 23.5 Å². The zero-order valence-corrected chi connectivity index (χ0v) is 32.6. The van der Waals surface area contributed by atoms with Gasteiger partial charge in [0, 0.05) is 49.3 Å². The van der Waals surface area contributed by atoms with E-state index < -0.39 is 68.5 Å². The molecule has 1 aromatic carbocycles. The highest BCUT2D eigenvalue weighted by molar-refractivity contribution is 7.10. The largest absolute Gasteiger partial charge is 0.490 e. The zero-order chi connectivity index (χ0) is 42.7. The Bertz CT molecular complexity index is 2090. The number of hydrogen-bond acceptors (Lipinski definition) is 8. The summed E-state index contributed by atoms with van der Waals surface area (Å²) >= 11 is 0.312. The standard InChI is InChI=1S/C40H41F7N4O6S/c1-4-9-29-38(57-25-22-30(58-23-25)40(45,46)47,14-7-18-51(29)33(52)31-26(39(42,43)44)11-6-17-49-31)34(53)50-19-15-37(24-48,16-20-50)27-10-5-12-28(41)32(27)56-21-8-13-36(2,3)35(54)55/h5-6,9-12,17,22-23H,4,7-8,13-16,18-21H2,1-3H3,(H,54,55)/b29-9-/t38-/m0/s1. The number of aliphatic carboxylic acids is 1. The number of carbonyl (C=O) groups is 3. The smallest absolute Gasteiger partial charge is 0.425 e. The number of carbonyl (C=O) groups excluding carboxylic acids is 2. The van der Waals surface area contributed by atoms with Crippen LogP contribution in [0.15, 0.2) is 59.7 Å². The van der Waals surface area contributed by atoms with E-state index in [9.17, 15) is 51.1 Å². The Balaban J connectivity index is 1.49. The maximum absolute atomic E-state index is 15.3. The summed E-state index contributed by atoms with van der Waals surface area (Å²) in [6.07, 6.45) is -6.98. The number of carboxylic acid groups (broad SMARTS) is 1. The molecule has 2 aliphatic heterocycles. The Hall–Kier alpha value is -5.18. The Morgan fingerprint density at radius 2 is 1.74 bits per heavy atom. The summed E-state index contributed by atoms with van der Waals surface area (Å²) in [5.41, 5.74) is -6.87. The highest BCUT2D eigenvalue weighted by atomic mass is 32.1. The summed E-state index contributed by atoms with van der Waals surface area (Å²) in [5, 5.41) is 21.1. The molecule has 2 amide bonds. The van der Waals surface area contributed by atoms with Gasteiger partial charge in [0.05, 0.1) is 34.8 Å². The van der Waals surface area contributed by atoms with E-state index in [1.54, 1.807) is 20.8 Å². The Labute approximate surface area is 333 Å². The number of thiophene rings is 1. The molecule has 0 unspecified atom stereocenters. The third-order valence-corrected chi connectivity index (χ3v) is 11.4. The minimum absolute atomic E-state index is 0.00735. The first-order valence-corrected chi connectivity index (χ1v) is 19.3. The van der Waals surface area contributed by atoms with Crippen molar-refractivity contribution < 1.29 is 59.7 Å². The van der Waals surface area contributed by atoms with Crippen LogP contribution in [0.5, 0.6) is 11.5 Å². The molecule has 3 aromatic rings. The first-order valence-electron chi connectivity index (χ1n) is 18.5. The van der Waals surface area contributed by atoms with E-state index >= 15 is 4.39 Å². The fourth-order valence-electron chi connectivity index (χ4n) is 7.27. The van der Waals surface area contributed by atoms with Gasteiger partial charge in [0.1, 0.15) is 16.3 Å². The molecular formula is C40H41F7N4O6S. The lowest BCUT2D eigenvalue weighted by atomic mass is 9.73. The molecule has 4 heterocycles. The molecule has 1 N–H and O–H groups in total. The van der Waals surface area contributed by atoms with Crippen molar-refractivity contribution in [3.05, 3.63) is 87.3 Å². The van der Waals surface area contributed by atoms with Crippen LogP contribution in [0.2, 0.25) is 0 Å². The third-order valence-electron chi connectivity index (χ3n) is 10.4. The summed E-state index contributed by atoms with van der Waals surface area (Å²) in [6, 6.07) is 8.76. The molecule has 0 aliphatic carbocycles. The van der Waals surface area contributed by atoms with Gasteiger partial charge >= 0.3 is 18.3 Å². The van der Waals surface area contributed by atoms with E-state index in [-0.39, 0.29) is 93.9 Å². The highest BCUT2D eigenvalue weighted by Gasteiger charge is 2.54. The second kappa shape index (κ2) is 17.0. The molecule has 0 saturated carbocycles. The topological polar surface area (TPSA) is 133 Å². The van der Waals surface area contributed by atoms with Gasteiger partial charge in [0.25, 0.3) is 11.8 Å². The Kier molecular flexibility index (Phi) is 12.9. The minimum Gasteiger partial charge on any atom is -0.490 e. The first kappa shape index (κ1) is 43.9. The van der Waals surface area contributed by atoms with Crippen LogP contribution >= 0.6 is 11.3 Å². The van der Waals surface area contributed by atoms with Crippen LogP contribution in [-0.2, 0) is 27.4 Å². The van der Waals surface area contributed by atoms with Gasteiger partial charge in [-0.1, -0.05) is 25.1 Å².